The van der Waals surface area contributed by atoms with Crippen LogP contribution < -0.4 is 16.0 Å². The minimum atomic E-state index is -0.960. The van der Waals surface area contributed by atoms with Gasteiger partial charge in [0.25, 0.3) is 11.6 Å². The number of esters is 1. The zero-order chi connectivity index (χ0) is 28.7. The van der Waals surface area contributed by atoms with Crippen molar-refractivity contribution in [1.29, 1.82) is 0 Å². The van der Waals surface area contributed by atoms with E-state index in [-0.39, 0.29) is 28.7 Å². The summed E-state index contributed by atoms with van der Waals surface area (Å²) >= 11 is 0. The number of ether oxygens (including phenoxy) is 1. The van der Waals surface area contributed by atoms with Crippen LogP contribution in [0.3, 0.4) is 0 Å². The second-order valence-corrected chi connectivity index (χ2v) is 9.54. The lowest BCUT2D eigenvalue weighted by Gasteiger charge is -2.32. The van der Waals surface area contributed by atoms with Crippen LogP contribution in [0.15, 0.2) is 71.2 Å². The summed E-state index contributed by atoms with van der Waals surface area (Å²) in [4.78, 5) is 54.9. The third kappa shape index (κ3) is 6.86. The van der Waals surface area contributed by atoms with Crippen molar-refractivity contribution in [3.8, 4) is 0 Å². The number of nitro benzene ring substituents is 1. The highest BCUT2D eigenvalue weighted by Gasteiger charge is 2.39. The topological polar surface area (TPSA) is 153 Å². The van der Waals surface area contributed by atoms with Gasteiger partial charge >= 0.3 is 5.97 Å². The van der Waals surface area contributed by atoms with Crippen LogP contribution in [-0.2, 0) is 25.5 Å². The van der Waals surface area contributed by atoms with Crippen LogP contribution in [0.4, 0.5) is 5.69 Å². The summed E-state index contributed by atoms with van der Waals surface area (Å²) in [6.45, 7) is 7.30. The normalized spacial score (nSPS) is 15.9. The van der Waals surface area contributed by atoms with E-state index in [9.17, 15) is 24.5 Å². The second kappa shape index (κ2) is 12.8. The molecule has 0 aliphatic carbocycles. The number of benzene rings is 1. The molecule has 11 heteroatoms. The Morgan fingerprint density at radius 3 is 2.44 bits per heavy atom. The summed E-state index contributed by atoms with van der Waals surface area (Å²) in [6, 6.07) is 10.4. The summed E-state index contributed by atoms with van der Waals surface area (Å²) in [5.74, 6) is -2.83. The van der Waals surface area contributed by atoms with Crippen molar-refractivity contribution in [2.45, 2.75) is 46.1 Å². The van der Waals surface area contributed by atoms with E-state index >= 15 is 0 Å². The molecule has 2 atom stereocenters. The van der Waals surface area contributed by atoms with Crippen molar-refractivity contribution >= 4 is 23.5 Å². The zero-order valence-corrected chi connectivity index (χ0v) is 22.6. The maximum atomic E-state index is 13.8. The number of nitro groups is 1. The minimum Gasteiger partial charge on any atom is -0.466 e. The number of dihydropyridines is 1. The molecular formula is C28H33N5O6. The molecule has 2 unspecified atom stereocenters. The molecule has 3 rings (SSSR count). The van der Waals surface area contributed by atoms with Crippen LogP contribution >= 0.6 is 0 Å². The Balaban J connectivity index is 1.91. The third-order valence-corrected chi connectivity index (χ3v) is 6.47. The number of allylic oxidation sites excluding steroid dienone is 2. The first-order chi connectivity index (χ1) is 18.5. The Labute approximate surface area is 226 Å². The Kier molecular flexibility index (Phi) is 9.53. The van der Waals surface area contributed by atoms with Gasteiger partial charge in [0.05, 0.1) is 23.5 Å². The van der Waals surface area contributed by atoms with E-state index in [1.807, 2.05) is 32.0 Å². The Hall–Kier alpha value is -4.54. The maximum Gasteiger partial charge on any atom is 0.336 e. The number of hydrogen-bond donors (Lipinski definition) is 3. The molecule has 2 aromatic rings. The smallest absolute Gasteiger partial charge is 0.336 e. The van der Waals surface area contributed by atoms with Crippen LogP contribution in [0.2, 0.25) is 0 Å². The highest BCUT2D eigenvalue weighted by molar-refractivity contribution is 6.03. The van der Waals surface area contributed by atoms with Crippen molar-refractivity contribution in [1.82, 2.24) is 20.9 Å². The number of rotatable bonds is 10. The molecule has 1 aliphatic heterocycles. The fourth-order valence-corrected chi connectivity index (χ4v) is 4.55. The average Bonchev–Trinajstić information content (AvgIpc) is 2.91. The maximum absolute atomic E-state index is 13.8. The standard InChI is InChI=1S/C28H33N5O6/c1-16(2)25(27(35)30-14-12-20-10-6-7-13-29-20)32-26(34)22-17(3)31-18(4)23(28(36)39-5)24(22)19-9-8-11-21(15-19)33(37)38/h6-11,13,15-16,24-25,31H,12,14H2,1-5H3,(H,30,35)(H,32,34). The van der Waals surface area contributed by atoms with Crippen molar-refractivity contribution in [3.05, 3.63) is 92.6 Å². The predicted octanol–water partition coefficient (Wildman–Crippen LogP) is 2.90. The van der Waals surface area contributed by atoms with Crippen LogP contribution in [-0.4, -0.2) is 47.4 Å². The summed E-state index contributed by atoms with van der Waals surface area (Å²) in [5.41, 5.74) is 2.23. The van der Waals surface area contributed by atoms with E-state index in [0.29, 0.717) is 29.9 Å². The van der Waals surface area contributed by atoms with Gasteiger partial charge in [-0.1, -0.05) is 32.0 Å². The minimum absolute atomic E-state index is 0.148. The molecule has 0 saturated heterocycles. The van der Waals surface area contributed by atoms with Gasteiger partial charge in [0.15, 0.2) is 0 Å². The number of amides is 2. The predicted molar refractivity (Wildman–Crippen MR) is 144 cm³/mol. The second-order valence-electron chi connectivity index (χ2n) is 9.54. The number of non-ortho nitro benzene ring substituents is 1. The van der Waals surface area contributed by atoms with Gasteiger partial charge in [0.1, 0.15) is 6.04 Å². The van der Waals surface area contributed by atoms with Gasteiger partial charge in [-0.3, -0.25) is 24.7 Å². The van der Waals surface area contributed by atoms with Crippen molar-refractivity contribution in [2.24, 2.45) is 5.92 Å². The molecule has 2 amide bonds. The van der Waals surface area contributed by atoms with Gasteiger partial charge in [-0.15, -0.1) is 0 Å². The fraction of sp³-hybridized carbons (Fsp3) is 0.357. The van der Waals surface area contributed by atoms with Crippen LogP contribution in [0.1, 0.15) is 44.9 Å². The molecule has 1 aliphatic rings. The molecule has 0 fully saturated rings. The van der Waals surface area contributed by atoms with Gasteiger partial charge in [-0.2, -0.15) is 0 Å². The Morgan fingerprint density at radius 1 is 1.10 bits per heavy atom. The highest BCUT2D eigenvalue weighted by Crippen LogP contribution is 2.39. The Morgan fingerprint density at radius 2 is 1.82 bits per heavy atom. The summed E-state index contributed by atoms with van der Waals surface area (Å²) < 4.78 is 5.00. The molecule has 0 spiro atoms. The number of hydrogen-bond acceptors (Lipinski definition) is 8. The van der Waals surface area contributed by atoms with E-state index < -0.39 is 28.8 Å². The van der Waals surface area contributed by atoms with E-state index in [1.165, 1.54) is 25.3 Å². The number of pyridine rings is 1. The molecule has 1 aromatic heterocycles. The van der Waals surface area contributed by atoms with Crippen LogP contribution in [0.25, 0.3) is 0 Å². The van der Waals surface area contributed by atoms with Crippen molar-refractivity contribution < 1.29 is 24.0 Å². The van der Waals surface area contributed by atoms with Gasteiger partial charge < -0.3 is 20.7 Å². The monoisotopic (exact) mass is 535 g/mol. The lowest BCUT2D eigenvalue weighted by atomic mass is 9.79. The number of nitrogens with zero attached hydrogens (tertiary/aromatic N) is 2. The molecule has 1 aromatic carbocycles. The molecule has 2 heterocycles. The summed E-state index contributed by atoms with van der Waals surface area (Å²) in [5, 5.41) is 20.2. The van der Waals surface area contributed by atoms with E-state index in [2.05, 4.69) is 20.9 Å². The molecule has 206 valence electrons. The first kappa shape index (κ1) is 29.0. The van der Waals surface area contributed by atoms with Crippen molar-refractivity contribution in [3.63, 3.8) is 0 Å². The van der Waals surface area contributed by atoms with E-state index in [1.54, 1.807) is 26.1 Å². The molecule has 11 nitrogen and oxygen atoms in total. The first-order valence-corrected chi connectivity index (χ1v) is 12.5. The summed E-state index contributed by atoms with van der Waals surface area (Å²) in [6.07, 6.45) is 2.21. The van der Waals surface area contributed by atoms with Gasteiger partial charge in [0, 0.05) is 54.0 Å². The molecule has 3 N–H and O–H groups in total. The van der Waals surface area contributed by atoms with Gasteiger partial charge in [-0.25, -0.2) is 4.79 Å². The van der Waals surface area contributed by atoms with Crippen LogP contribution in [0.5, 0.6) is 0 Å². The zero-order valence-electron chi connectivity index (χ0n) is 22.6. The first-order valence-electron chi connectivity index (χ1n) is 12.5. The number of nitrogens with one attached hydrogen (secondary N) is 3. The van der Waals surface area contributed by atoms with Crippen LogP contribution in [0, 0.1) is 16.0 Å². The molecular weight excluding hydrogens is 502 g/mol. The molecule has 0 bridgehead atoms. The molecule has 39 heavy (non-hydrogen) atoms. The van der Waals surface area contributed by atoms with E-state index in [4.69, 9.17) is 4.74 Å². The molecule has 0 radical (unpaired) electrons. The largest absolute Gasteiger partial charge is 0.466 e. The number of carbonyl (C=O) groups excluding carboxylic acids is 3. The van der Waals surface area contributed by atoms with Crippen molar-refractivity contribution in [2.75, 3.05) is 13.7 Å². The average molecular weight is 536 g/mol. The van der Waals surface area contributed by atoms with E-state index in [0.717, 1.165) is 5.69 Å². The Bertz CT molecular complexity index is 1320. The number of aromatic nitrogens is 1. The highest BCUT2D eigenvalue weighted by atomic mass is 16.6. The number of carbonyl (C=O) groups is 3. The summed E-state index contributed by atoms with van der Waals surface area (Å²) in [7, 11) is 1.22. The quantitative estimate of drug-likeness (QED) is 0.239. The SMILES string of the molecule is COC(=O)C1=C(C)NC(C)=C(C(=O)NC(C(=O)NCCc2ccccn2)C(C)C)C1c1cccc([N+](=O)[O-])c1. The lowest BCUT2D eigenvalue weighted by molar-refractivity contribution is -0.384. The fourth-order valence-electron chi connectivity index (χ4n) is 4.55. The number of methoxy groups -OCH3 is 1. The lowest BCUT2D eigenvalue weighted by Crippen LogP contribution is -2.51. The molecule has 0 saturated carbocycles. The third-order valence-electron chi connectivity index (χ3n) is 6.47. The van der Waals surface area contributed by atoms with Gasteiger partial charge in [0.2, 0.25) is 5.91 Å². The van der Waals surface area contributed by atoms with Gasteiger partial charge in [-0.05, 0) is 37.5 Å².